The number of cyclic esters (lactones) is 1. The number of carbonyl (C=O) groups excluding carboxylic acids is 1. The number of rotatable bonds is 1. The highest BCUT2D eigenvalue weighted by Gasteiger charge is 2.26. The highest BCUT2D eigenvalue weighted by atomic mass is 35.5. The Bertz CT molecular complexity index is 378. The van der Waals surface area contributed by atoms with Crippen LogP contribution in [0, 0.1) is 5.82 Å². The van der Waals surface area contributed by atoms with E-state index in [1.165, 1.54) is 6.07 Å². The number of carbonyl (C=O) groups is 1. The summed E-state index contributed by atoms with van der Waals surface area (Å²) in [4.78, 5) is 10.8. The number of hydrogen-bond donors (Lipinski definition) is 0. The lowest BCUT2D eigenvalue weighted by molar-refractivity contribution is -0.141. The van der Waals surface area contributed by atoms with Crippen LogP contribution in [0.2, 0.25) is 5.02 Å². The minimum Gasteiger partial charge on any atom is -0.457 e. The van der Waals surface area contributed by atoms with Gasteiger partial charge in [0.25, 0.3) is 0 Å². The molecule has 0 N–H and O–H groups in total. The Morgan fingerprint density at radius 3 is 2.86 bits per heavy atom. The molecule has 0 amide bonds. The van der Waals surface area contributed by atoms with Crippen molar-refractivity contribution in [2.75, 3.05) is 0 Å². The monoisotopic (exact) mass is 214 g/mol. The van der Waals surface area contributed by atoms with Gasteiger partial charge in [-0.15, -0.1) is 0 Å². The van der Waals surface area contributed by atoms with Gasteiger partial charge in [-0.1, -0.05) is 17.7 Å². The number of benzene rings is 1. The van der Waals surface area contributed by atoms with Gasteiger partial charge in [-0.3, -0.25) is 4.79 Å². The van der Waals surface area contributed by atoms with Crippen molar-refractivity contribution in [2.45, 2.75) is 18.9 Å². The molecular formula is C10H8ClFO2. The van der Waals surface area contributed by atoms with Crippen molar-refractivity contribution in [3.8, 4) is 0 Å². The molecule has 0 aromatic heterocycles. The Labute approximate surface area is 85.6 Å². The third-order valence-corrected chi connectivity index (χ3v) is 2.43. The maximum atomic E-state index is 13.4. The molecule has 1 aromatic rings. The van der Waals surface area contributed by atoms with Crippen LogP contribution >= 0.6 is 11.6 Å². The van der Waals surface area contributed by atoms with E-state index in [-0.39, 0.29) is 5.97 Å². The fraction of sp³-hybridized carbons (Fsp3) is 0.300. The average molecular weight is 215 g/mol. The molecule has 1 heterocycles. The standard InChI is InChI=1S/C10H8ClFO2/c11-6-1-2-7(8(12)5-6)9-3-4-10(13)14-9/h1-2,5,9H,3-4H2. The lowest BCUT2D eigenvalue weighted by Gasteiger charge is -2.10. The van der Waals surface area contributed by atoms with Crippen LogP contribution in [0.3, 0.4) is 0 Å². The van der Waals surface area contributed by atoms with E-state index in [1.54, 1.807) is 12.1 Å². The molecule has 0 bridgehead atoms. The summed E-state index contributed by atoms with van der Waals surface area (Å²) in [5.74, 6) is -0.693. The first kappa shape index (κ1) is 9.46. The molecule has 1 unspecified atom stereocenters. The Morgan fingerprint density at radius 1 is 1.50 bits per heavy atom. The Kier molecular flexibility index (Phi) is 2.42. The molecule has 0 spiro atoms. The number of halogens is 2. The molecule has 74 valence electrons. The molecule has 0 radical (unpaired) electrons. The van der Waals surface area contributed by atoms with Crippen molar-refractivity contribution >= 4 is 17.6 Å². The lowest BCUT2D eigenvalue weighted by Crippen LogP contribution is -2.01. The van der Waals surface area contributed by atoms with Gasteiger partial charge in [-0.2, -0.15) is 0 Å². The van der Waals surface area contributed by atoms with Crippen molar-refractivity contribution in [1.82, 2.24) is 0 Å². The second-order valence-electron chi connectivity index (χ2n) is 3.18. The summed E-state index contributed by atoms with van der Waals surface area (Å²) >= 11 is 5.60. The van der Waals surface area contributed by atoms with Crippen LogP contribution in [0.4, 0.5) is 4.39 Å². The van der Waals surface area contributed by atoms with Crippen LogP contribution in [-0.4, -0.2) is 5.97 Å². The zero-order chi connectivity index (χ0) is 10.1. The zero-order valence-corrected chi connectivity index (χ0v) is 8.05. The summed E-state index contributed by atoms with van der Waals surface area (Å²) in [6.07, 6.45) is 0.448. The van der Waals surface area contributed by atoms with Crippen molar-refractivity contribution in [3.63, 3.8) is 0 Å². The first-order chi connectivity index (χ1) is 6.66. The van der Waals surface area contributed by atoms with Gasteiger partial charge in [0.05, 0.1) is 0 Å². The van der Waals surface area contributed by atoms with Crippen LogP contribution in [0.15, 0.2) is 18.2 Å². The van der Waals surface area contributed by atoms with Gasteiger partial charge in [0, 0.05) is 17.0 Å². The average Bonchev–Trinajstić information content (AvgIpc) is 2.51. The van der Waals surface area contributed by atoms with Gasteiger partial charge in [0.1, 0.15) is 11.9 Å². The van der Waals surface area contributed by atoms with Crippen LogP contribution in [0.5, 0.6) is 0 Å². The fourth-order valence-electron chi connectivity index (χ4n) is 1.51. The first-order valence-electron chi connectivity index (χ1n) is 4.31. The van der Waals surface area contributed by atoms with Gasteiger partial charge in [-0.25, -0.2) is 4.39 Å². The maximum Gasteiger partial charge on any atom is 0.306 e. The molecule has 1 saturated heterocycles. The molecule has 1 aromatic carbocycles. The maximum absolute atomic E-state index is 13.4. The summed E-state index contributed by atoms with van der Waals surface area (Å²) in [5, 5.41) is 0.343. The Balaban J connectivity index is 2.28. The third-order valence-electron chi connectivity index (χ3n) is 2.19. The summed E-state index contributed by atoms with van der Waals surface area (Å²) in [5.41, 5.74) is 0.403. The van der Waals surface area contributed by atoms with Crippen LogP contribution in [0.1, 0.15) is 24.5 Å². The van der Waals surface area contributed by atoms with Gasteiger partial charge in [0.2, 0.25) is 0 Å². The Hall–Kier alpha value is -1.09. The van der Waals surface area contributed by atoms with E-state index >= 15 is 0 Å². The molecule has 2 nitrogen and oxygen atoms in total. The van der Waals surface area contributed by atoms with Crippen molar-refractivity contribution in [2.24, 2.45) is 0 Å². The van der Waals surface area contributed by atoms with E-state index in [0.29, 0.717) is 23.4 Å². The highest BCUT2D eigenvalue weighted by molar-refractivity contribution is 6.30. The first-order valence-corrected chi connectivity index (χ1v) is 4.69. The van der Waals surface area contributed by atoms with Crippen molar-refractivity contribution in [1.29, 1.82) is 0 Å². The number of ether oxygens (including phenoxy) is 1. The van der Waals surface area contributed by atoms with Crippen LogP contribution in [-0.2, 0) is 9.53 Å². The van der Waals surface area contributed by atoms with Gasteiger partial charge >= 0.3 is 5.97 Å². The van der Waals surface area contributed by atoms with Crippen LogP contribution < -0.4 is 0 Å². The minimum absolute atomic E-state index is 0.274. The summed E-state index contributed by atoms with van der Waals surface area (Å²) in [7, 11) is 0. The number of esters is 1. The minimum atomic E-state index is -0.445. The predicted molar refractivity (Wildman–Crippen MR) is 49.5 cm³/mol. The summed E-state index contributed by atoms with van der Waals surface area (Å²) in [6.45, 7) is 0. The molecule has 1 atom stereocenters. The molecule has 0 aliphatic carbocycles. The predicted octanol–water partition coefficient (Wildman–Crippen LogP) is 2.86. The molecular weight excluding hydrogens is 207 g/mol. The second-order valence-corrected chi connectivity index (χ2v) is 3.62. The highest BCUT2D eigenvalue weighted by Crippen LogP contribution is 2.31. The summed E-state index contributed by atoms with van der Waals surface area (Å²) < 4.78 is 18.3. The molecule has 2 rings (SSSR count). The fourth-order valence-corrected chi connectivity index (χ4v) is 1.67. The van der Waals surface area contributed by atoms with E-state index < -0.39 is 11.9 Å². The molecule has 0 saturated carbocycles. The van der Waals surface area contributed by atoms with Gasteiger partial charge in [-0.05, 0) is 18.6 Å². The van der Waals surface area contributed by atoms with E-state index in [2.05, 4.69) is 0 Å². The molecule has 1 fully saturated rings. The molecule has 1 aliphatic heterocycles. The van der Waals surface area contributed by atoms with Gasteiger partial charge < -0.3 is 4.74 Å². The van der Waals surface area contributed by atoms with Gasteiger partial charge in [0.15, 0.2) is 0 Å². The number of hydrogen-bond acceptors (Lipinski definition) is 2. The molecule has 14 heavy (non-hydrogen) atoms. The smallest absolute Gasteiger partial charge is 0.306 e. The Morgan fingerprint density at radius 2 is 2.29 bits per heavy atom. The largest absolute Gasteiger partial charge is 0.457 e. The molecule has 4 heteroatoms. The zero-order valence-electron chi connectivity index (χ0n) is 7.30. The summed E-state index contributed by atoms with van der Waals surface area (Å²) in [6, 6.07) is 4.37. The SMILES string of the molecule is O=C1CCC(c2ccc(Cl)cc2F)O1. The van der Waals surface area contributed by atoms with E-state index in [1.807, 2.05) is 0 Å². The second kappa shape index (κ2) is 3.58. The topological polar surface area (TPSA) is 26.3 Å². The van der Waals surface area contributed by atoms with E-state index in [9.17, 15) is 9.18 Å². The van der Waals surface area contributed by atoms with Crippen molar-refractivity contribution < 1.29 is 13.9 Å². The normalized spacial score (nSPS) is 21.0. The van der Waals surface area contributed by atoms with Crippen molar-refractivity contribution in [3.05, 3.63) is 34.6 Å². The lowest BCUT2D eigenvalue weighted by atomic mass is 10.1. The van der Waals surface area contributed by atoms with E-state index in [0.717, 1.165) is 0 Å². The molecule has 1 aliphatic rings. The quantitative estimate of drug-likeness (QED) is 0.672. The van der Waals surface area contributed by atoms with Crippen LogP contribution in [0.25, 0.3) is 0 Å². The van der Waals surface area contributed by atoms with E-state index in [4.69, 9.17) is 16.3 Å². The third kappa shape index (κ3) is 1.73.